The Morgan fingerprint density at radius 2 is 1.64 bits per heavy atom. The van der Waals surface area contributed by atoms with Crippen LogP contribution in [0, 0.1) is 27.7 Å². The molecule has 7 rings (SSSR count). The number of fused-ring (bicyclic) bond motifs is 4. The van der Waals surface area contributed by atoms with Crippen LogP contribution in [0.15, 0.2) is 42.5 Å². The summed E-state index contributed by atoms with van der Waals surface area (Å²) in [6.07, 6.45) is 1.17. The maximum atomic E-state index is 15.2. The van der Waals surface area contributed by atoms with Gasteiger partial charge in [0.25, 0.3) is 5.91 Å². The smallest absolute Gasteiger partial charge is 0.352 e. The fourth-order valence-electron chi connectivity index (χ4n) is 8.33. The van der Waals surface area contributed by atoms with E-state index in [0.29, 0.717) is 65.6 Å². The van der Waals surface area contributed by atoms with Gasteiger partial charge in [0.15, 0.2) is 0 Å². The van der Waals surface area contributed by atoms with E-state index in [1.165, 1.54) is 0 Å². The minimum Gasteiger partial charge on any atom is -0.496 e. The zero-order valence-electron chi connectivity index (χ0n) is 33.2. The summed E-state index contributed by atoms with van der Waals surface area (Å²) in [4.78, 5) is 41.1. The number of amides is 1. The van der Waals surface area contributed by atoms with E-state index in [0.717, 1.165) is 66.7 Å². The van der Waals surface area contributed by atoms with E-state index in [4.69, 9.17) is 42.6 Å². The highest BCUT2D eigenvalue weighted by molar-refractivity contribution is 6.35. The largest absolute Gasteiger partial charge is 0.496 e. The quantitative estimate of drug-likeness (QED) is 0.129. The zero-order chi connectivity index (χ0) is 40.3. The van der Waals surface area contributed by atoms with Gasteiger partial charge < -0.3 is 33.5 Å². The summed E-state index contributed by atoms with van der Waals surface area (Å²) in [5.74, 6) is 0.717. The molecule has 6 aromatic rings. The van der Waals surface area contributed by atoms with Crippen molar-refractivity contribution in [3.8, 4) is 22.6 Å². The lowest BCUT2D eigenvalue weighted by atomic mass is 9.97. The van der Waals surface area contributed by atoms with Gasteiger partial charge in [0.2, 0.25) is 0 Å². The summed E-state index contributed by atoms with van der Waals surface area (Å²) in [6.45, 7) is 11.3. The number of carboxylic acid groups (broad SMARTS) is 1. The van der Waals surface area contributed by atoms with E-state index in [1.54, 1.807) is 35.8 Å². The predicted octanol–water partition coefficient (Wildman–Crippen LogP) is 9.13. The normalized spacial score (nSPS) is 14.3. The highest BCUT2D eigenvalue weighted by atomic mass is 35.5. The molecule has 13 heteroatoms. The molecular formula is C43H46Cl2N6O5. The summed E-state index contributed by atoms with van der Waals surface area (Å²) in [7, 11) is 7.21. The molecule has 1 N–H and O–H groups in total. The van der Waals surface area contributed by atoms with Gasteiger partial charge in [-0.2, -0.15) is 0 Å². The number of anilines is 1. The Balaban J connectivity index is 1.40. The number of aromatic carboxylic acids is 1. The number of carbonyl (C=O) groups is 2. The van der Waals surface area contributed by atoms with Crippen LogP contribution in [-0.2, 0) is 20.0 Å². The van der Waals surface area contributed by atoms with Crippen LogP contribution < -0.4 is 14.4 Å². The first-order chi connectivity index (χ1) is 26.6. The fourth-order valence-corrected chi connectivity index (χ4v) is 8.68. The molecular weight excluding hydrogens is 751 g/mol. The monoisotopic (exact) mass is 796 g/mol. The Kier molecular flexibility index (Phi) is 10.6. The highest BCUT2D eigenvalue weighted by Gasteiger charge is 2.38. The van der Waals surface area contributed by atoms with Crippen molar-refractivity contribution in [2.24, 2.45) is 7.05 Å². The fraction of sp³-hybridized carbons (Fsp3) is 0.349. The number of hydrogen-bond acceptors (Lipinski definition) is 7. The van der Waals surface area contributed by atoms with E-state index in [1.807, 2.05) is 77.0 Å². The Labute approximate surface area is 336 Å². The van der Waals surface area contributed by atoms with Gasteiger partial charge in [0, 0.05) is 57.9 Å². The average molecular weight is 798 g/mol. The minimum absolute atomic E-state index is 0.0907. The second-order valence-corrected chi connectivity index (χ2v) is 15.8. The number of carboxylic acids is 1. The van der Waals surface area contributed by atoms with Crippen molar-refractivity contribution in [2.45, 2.75) is 60.0 Å². The third kappa shape index (κ3) is 6.65. The Morgan fingerprint density at radius 3 is 2.27 bits per heavy atom. The second kappa shape index (κ2) is 15.1. The van der Waals surface area contributed by atoms with E-state index in [-0.39, 0.29) is 17.6 Å². The molecule has 0 saturated heterocycles. The number of aromatic nitrogens is 4. The van der Waals surface area contributed by atoms with Crippen LogP contribution in [0.25, 0.3) is 32.9 Å². The van der Waals surface area contributed by atoms with Crippen LogP contribution in [-0.4, -0.2) is 75.3 Å². The second-order valence-electron chi connectivity index (χ2n) is 15.0. The molecule has 3 aromatic carbocycles. The van der Waals surface area contributed by atoms with Gasteiger partial charge >= 0.3 is 5.97 Å². The van der Waals surface area contributed by atoms with Crippen LogP contribution in [0.3, 0.4) is 0 Å². The number of rotatable bonds is 11. The molecule has 1 amide bonds. The maximum absolute atomic E-state index is 15.2. The van der Waals surface area contributed by atoms with Gasteiger partial charge in [-0.25, -0.2) is 14.8 Å². The number of ether oxygens (including phenoxy) is 2. The molecule has 292 valence electrons. The van der Waals surface area contributed by atoms with Crippen LogP contribution in [0.2, 0.25) is 10.0 Å². The molecule has 0 fully saturated rings. The first-order valence-corrected chi connectivity index (χ1v) is 19.3. The van der Waals surface area contributed by atoms with E-state index in [2.05, 4.69) is 11.5 Å². The van der Waals surface area contributed by atoms with E-state index in [9.17, 15) is 9.90 Å². The maximum Gasteiger partial charge on any atom is 0.352 e. The number of carbonyl (C=O) groups excluding carboxylic acids is 1. The third-order valence-corrected chi connectivity index (χ3v) is 11.6. The lowest BCUT2D eigenvalue weighted by Crippen LogP contribution is -2.43. The topological polar surface area (TPSA) is 115 Å². The van der Waals surface area contributed by atoms with Gasteiger partial charge in [-0.15, -0.1) is 0 Å². The van der Waals surface area contributed by atoms with Crippen molar-refractivity contribution in [1.82, 2.24) is 24.0 Å². The lowest BCUT2D eigenvalue weighted by molar-refractivity contribution is 0.0687. The predicted molar refractivity (Wildman–Crippen MR) is 222 cm³/mol. The van der Waals surface area contributed by atoms with Crippen LogP contribution in [0.5, 0.6) is 11.5 Å². The molecule has 0 unspecified atom stereocenters. The summed E-state index contributed by atoms with van der Waals surface area (Å²) in [5, 5.41) is 12.8. The highest BCUT2D eigenvalue weighted by Crippen LogP contribution is 2.46. The molecule has 0 spiro atoms. The summed E-state index contributed by atoms with van der Waals surface area (Å²) < 4.78 is 15.6. The summed E-state index contributed by atoms with van der Waals surface area (Å²) >= 11 is 13.6. The van der Waals surface area contributed by atoms with Crippen molar-refractivity contribution in [1.29, 1.82) is 0 Å². The van der Waals surface area contributed by atoms with E-state index >= 15 is 4.79 Å². The number of nitrogens with zero attached hydrogens (tertiary/aromatic N) is 6. The summed E-state index contributed by atoms with van der Waals surface area (Å²) in [6, 6.07) is 12.8. The molecule has 56 heavy (non-hydrogen) atoms. The first-order valence-electron chi connectivity index (χ1n) is 18.6. The molecule has 0 bridgehead atoms. The van der Waals surface area contributed by atoms with Crippen molar-refractivity contribution < 1.29 is 24.2 Å². The molecule has 1 aliphatic rings. The van der Waals surface area contributed by atoms with Crippen molar-refractivity contribution in [3.63, 3.8) is 0 Å². The van der Waals surface area contributed by atoms with Gasteiger partial charge in [-0.05, 0) is 115 Å². The van der Waals surface area contributed by atoms with Gasteiger partial charge in [0.1, 0.15) is 28.7 Å². The van der Waals surface area contributed by atoms with Crippen molar-refractivity contribution in [2.75, 3.05) is 39.3 Å². The average Bonchev–Trinajstić information content (AvgIpc) is 3.66. The number of halogens is 2. The Morgan fingerprint density at radius 1 is 0.964 bits per heavy atom. The van der Waals surface area contributed by atoms with Crippen LogP contribution >= 0.6 is 23.2 Å². The first kappa shape index (κ1) is 39.1. The molecule has 3 aromatic heterocycles. The standard InChI is InChI=1S/C43H46Cl2N6O5/c1-22-17-27(18-23(2)38(22)45)56-16-10-11-28-29-12-13-31(44)37(36-25(4)46-35(21-48(6)7)47-26(36)5)40(29)51-24(3)20-50(42(52)41(28)51)32-14-15-34(55-9)30-19-33(43(53)54)49(8)39(30)32/h12-15,17-19,24H,10-11,16,20-21H2,1-9H3,(H,53,54)/t24-/m1/s1. The third-order valence-electron chi connectivity index (χ3n) is 10.7. The van der Waals surface area contributed by atoms with Gasteiger partial charge in [-0.3, -0.25) is 4.79 Å². The molecule has 4 heterocycles. The molecule has 1 atom stereocenters. The van der Waals surface area contributed by atoms with Crippen molar-refractivity contribution >= 4 is 62.6 Å². The molecule has 11 nitrogen and oxygen atoms in total. The Bertz CT molecular complexity index is 2530. The summed E-state index contributed by atoms with van der Waals surface area (Å²) in [5.41, 5.74) is 8.72. The number of benzene rings is 3. The number of hydrogen-bond donors (Lipinski definition) is 1. The molecule has 0 saturated carbocycles. The molecule has 1 aliphatic heterocycles. The van der Waals surface area contributed by atoms with Crippen LogP contribution in [0.1, 0.15) is 74.3 Å². The Hall–Kier alpha value is -5.10. The zero-order valence-corrected chi connectivity index (χ0v) is 34.7. The van der Waals surface area contributed by atoms with E-state index < -0.39 is 5.97 Å². The number of methoxy groups -OCH3 is 1. The molecule has 0 aliphatic carbocycles. The minimum atomic E-state index is -1.07. The van der Waals surface area contributed by atoms with Gasteiger partial charge in [-0.1, -0.05) is 29.3 Å². The lowest BCUT2D eigenvalue weighted by Gasteiger charge is -2.35. The van der Waals surface area contributed by atoms with Crippen LogP contribution in [0.4, 0.5) is 5.69 Å². The molecule has 0 radical (unpaired) electrons. The SMILES string of the molecule is COc1ccc(N2C[C@@H](C)n3c(c(CCCOc4cc(C)c(Cl)c(C)c4)c4ccc(Cl)c(-c5c(C)nc(CN(C)C)nc5C)c43)C2=O)c2c1cc(C(=O)O)n2C. The number of aryl methyl sites for hydroxylation is 6. The van der Waals surface area contributed by atoms with Crippen molar-refractivity contribution in [3.05, 3.63) is 97.8 Å². The van der Waals surface area contributed by atoms with Gasteiger partial charge in [0.05, 0.1) is 42.0 Å².